The molecule has 0 spiro atoms. The molecule has 1 heterocycles. The fourth-order valence-electron chi connectivity index (χ4n) is 3.00. The van der Waals surface area contributed by atoms with Crippen molar-refractivity contribution in [2.24, 2.45) is 0 Å². The van der Waals surface area contributed by atoms with Gasteiger partial charge in [0.15, 0.2) is 0 Å². The van der Waals surface area contributed by atoms with Crippen LogP contribution in [0.2, 0.25) is 5.02 Å². The summed E-state index contributed by atoms with van der Waals surface area (Å²) in [6.45, 7) is 0. The van der Waals surface area contributed by atoms with Gasteiger partial charge in [-0.15, -0.1) is 0 Å². The number of ether oxygens (including phenoxy) is 1. The van der Waals surface area contributed by atoms with Crippen LogP contribution < -0.4 is 10.1 Å². The molecule has 0 atom stereocenters. The first-order valence-corrected chi connectivity index (χ1v) is 9.14. The minimum atomic E-state index is -0.139. The maximum atomic E-state index is 12.1. The van der Waals surface area contributed by atoms with Crippen LogP contribution in [-0.2, 0) is 4.79 Å². The molecule has 1 amide bonds. The van der Waals surface area contributed by atoms with E-state index in [2.05, 4.69) is 15.3 Å². The molecule has 1 aromatic heterocycles. The van der Waals surface area contributed by atoms with Crippen LogP contribution >= 0.6 is 11.6 Å². The number of halogens is 1. The lowest BCUT2D eigenvalue weighted by molar-refractivity contribution is -0.117. The topological polar surface area (TPSA) is 87.9 Å². The molecule has 1 saturated carbocycles. The van der Waals surface area contributed by atoms with Gasteiger partial charge in [-0.3, -0.25) is 4.79 Å². The van der Waals surface area contributed by atoms with Gasteiger partial charge in [0.2, 0.25) is 11.6 Å². The molecule has 1 N–H and O–H groups in total. The Morgan fingerprint density at radius 1 is 1.22 bits per heavy atom. The normalized spacial score (nSPS) is 19.4. The van der Waals surface area contributed by atoms with E-state index in [1.165, 1.54) is 18.5 Å². The number of aromatic nitrogens is 2. The molecule has 3 rings (SSSR count). The first-order chi connectivity index (χ1) is 13.2. The fourth-order valence-corrected chi connectivity index (χ4v) is 3.19. The first-order valence-electron chi connectivity index (χ1n) is 8.76. The van der Waals surface area contributed by atoms with Gasteiger partial charge in [-0.2, -0.15) is 5.26 Å². The molecule has 1 aliphatic carbocycles. The lowest BCUT2D eigenvalue weighted by atomic mass is 9.93. The van der Waals surface area contributed by atoms with Gasteiger partial charge in [-0.1, -0.05) is 29.8 Å². The average molecular weight is 383 g/mol. The highest BCUT2D eigenvalue weighted by Gasteiger charge is 2.24. The van der Waals surface area contributed by atoms with Crippen molar-refractivity contribution >= 4 is 23.6 Å². The van der Waals surface area contributed by atoms with E-state index < -0.39 is 0 Å². The largest absolute Gasteiger partial charge is 0.472 e. The van der Waals surface area contributed by atoms with Crippen molar-refractivity contribution in [2.45, 2.75) is 37.8 Å². The van der Waals surface area contributed by atoms with Crippen LogP contribution in [0.15, 0.2) is 42.7 Å². The van der Waals surface area contributed by atoms with Gasteiger partial charge in [0.25, 0.3) is 5.88 Å². The number of hydrogen-bond donors (Lipinski definition) is 1. The minimum Gasteiger partial charge on any atom is -0.472 e. The Balaban J connectivity index is 1.47. The number of nitriles is 1. The lowest BCUT2D eigenvalue weighted by Crippen LogP contribution is -2.39. The maximum absolute atomic E-state index is 12.1. The Hall–Kier alpha value is -2.91. The van der Waals surface area contributed by atoms with Crippen molar-refractivity contribution in [1.29, 1.82) is 5.26 Å². The zero-order valence-corrected chi connectivity index (χ0v) is 15.4. The molecule has 6 nitrogen and oxygen atoms in total. The summed E-state index contributed by atoms with van der Waals surface area (Å²) in [5, 5.41) is 12.7. The van der Waals surface area contributed by atoms with E-state index in [-0.39, 0.29) is 29.6 Å². The molecule has 0 bridgehead atoms. The number of nitrogens with one attached hydrogen (secondary N) is 1. The third-order valence-electron chi connectivity index (χ3n) is 4.39. The molecule has 1 aromatic carbocycles. The Bertz CT molecular complexity index is 870. The fraction of sp³-hybridized carbons (Fsp3) is 0.300. The van der Waals surface area contributed by atoms with Crippen molar-refractivity contribution in [1.82, 2.24) is 15.3 Å². The molecule has 0 aliphatic heterocycles. The SMILES string of the molecule is N#Cc1nccnc1OC1CCC(NC(=O)/C=C/c2ccccc2Cl)CC1. The molecule has 1 fully saturated rings. The standard InChI is InChI=1S/C20H19ClN4O2/c21-17-4-2-1-3-14(17)5-10-19(26)25-15-6-8-16(9-7-15)27-20-18(13-22)23-11-12-24-20/h1-5,10-12,15-16H,6-9H2,(H,25,26)/b10-5+. The second-order valence-corrected chi connectivity index (χ2v) is 6.68. The monoisotopic (exact) mass is 382 g/mol. The van der Waals surface area contributed by atoms with E-state index in [9.17, 15) is 4.79 Å². The van der Waals surface area contributed by atoms with Crippen LogP contribution in [-0.4, -0.2) is 28.0 Å². The third-order valence-corrected chi connectivity index (χ3v) is 4.73. The van der Waals surface area contributed by atoms with Crippen molar-refractivity contribution in [3.8, 4) is 11.9 Å². The zero-order chi connectivity index (χ0) is 19.1. The number of benzene rings is 1. The highest BCUT2D eigenvalue weighted by molar-refractivity contribution is 6.32. The summed E-state index contributed by atoms with van der Waals surface area (Å²) in [7, 11) is 0. The Labute approximate surface area is 162 Å². The van der Waals surface area contributed by atoms with Crippen LogP contribution in [0.25, 0.3) is 6.08 Å². The number of nitrogens with zero attached hydrogens (tertiary/aromatic N) is 3. The van der Waals surface area contributed by atoms with Crippen LogP contribution in [0, 0.1) is 11.3 Å². The maximum Gasteiger partial charge on any atom is 0.251 e. The third kappa shape index (κ3) is 5.28. The number of rotatable bonds is 5. The molecule has 138 valence electrons. The summed E-state index contributed by atoms with van der Waals surface area (Å²) < 4.78 is 5.81. The van der Waals surface area contributed by atoms with E-state index in [0.717, 1.165) is 31.2 Å². The molecule has 27 heavy (non-hydrogen) atoms. The quantitative estimate of drug-likeness (QED) is 0.799. The van der Waals surface area contributed by atoms with E-state index in [0.29, 0.717) is 5.02 Å². The van der Waals surface area contributed by atoms with Gasteiger partial charge in [0.05, 0.1) is 0 Å². The van der Waals surface area contributed by atoms with E-state index in [4.69, 9.17) is 21.6 Å². The molecule has 0 saturated heterocycles. The molecule has 0 radical (unpaired) electrons. The number of hydrogen-bond acceptors (Lipinski definition) is 5. The molecule has 0 unspecified atom stereocenters. The minimum absolute atomic E-state index is 0.0272. The van der Waals surface area contributed by atoms with Crippen molar-refractivity contribution in [2.75, 3.05) is 0 Å². The van der Waals surface area contributed by atoms with Crippen LogP contribution in [0.5, 0.6) is 5.88 Å². The van der Waals surface area contributed by atoms with Gasteiger partial charge in [-0.25, -0.2) is 9.97 Å². The van der Waals surface area contributed by atoms with Crippen molar-refractivity contribution in [3.63, 3.8) is 0 Å². The second kappa shape index (κ2) is 9.15. The molecular formula is C20H19ClN4O2. The molecule has 7 heteroatoms. The van der Waals surface area contributed by atoms with E-state index >= 15 is 0 Å². The highest BCUT2D eigenvalue weighted by Crippen LogP contribution is 2.24. The van der Waals surface area contributed by atoms with Gasteiger partial charge < -0.3 is 10.1 Å². The van der Waals surface area contributed by atoms with Crippen LogP contribution in [0.4, 0.5) is 0 Å². The lowest BCUT2D eigenvalue weighted by Gasteiger charge is -2.28. The van der Waals surface area contributed by atoms with E-state index in [1.807, 2.05) is 24.3 Å². The van der Waals surface area contributed by atoms with E-state index in [1.54, 1.807) is 12.1 Å². The van der Waals surface area contributed by atoms with Crippen molar-refractivity contribution in [3.05, 3.63) is 59.0 Å². The Morgan fingerprint density at radius 3 is 2.70 bits per heavy atom. The zero-order valence-electron chi connectivity index (χ0n) is 14.6. The Morgan fingerprint density at radius 2 is 1.96 bits per heavy atom. The predicted octanol–water partition coefficient (Wildman–Crippen LogP) is 3.52. The van der Waals surface area contributed by atoms with Gasteiger partial charge in [-0.05, 0) is 43.4 Å². The predicted molar refractivity (Wildman–Crippen MR) is 102 cm³/mol. The second-order valence-electron chi connectivity index (χ2n) is 6.28. The summed E-state index contributed by atoms with van der Waals surface area (Å²) in [5.74, 6) is 0.134. The van der Waals surface area contributed by atoms with Crippen LogP contribution in [0.3, 0.4) is 0 Å². The highest BCUT2D eigenvalue weighted by atomic mass is 35.5. The van der Waals surface area contributed by atoms with Crippen LogP contribution in [0.1, 0.15) is 36.9 Å². The average Bonchev–Trinajstić information content (AvgIpc) is 2.69. The Kier molecular flexibility index (Phi) is 6.39. The molecule has 1 aliphatic rings. The van der Waals surface area contributed by atoms with Gasteiger partial charge >= 0.3 is 0 Å². The smallest absolute Gasteiger partial charge is 0.251 e. The number of carbonyl (C=O) groups excluding carboxylic acids is 1. The molecular weight excluding hydrogens is 364 g/mol. The summed E-state index contributed by atoms with van der Waals surface area (Å²) >= 11 is 6.08. The summed E-state index contributed by atoms with van der Waals surface area (Å²) in [5.41, 5.74) is 1.00. The molecule has 2 aromatic rings. The first kappa shape index (κ1) is 18.9. The van der Waals surface area contributed by atoms with Gasteiger partial charge in [0.1, 0.15) is 12.2 Å². The summed E-state index contributed by atoms with van der Waals surface area (Å²) in [6, 6.07) is 9.45. The number of amides is 1. The summed E-state index contributed by atoms with van der Waals surface area (Å²) in [4.78, 5) is 20.1. The summed E-state index contributed by atoms with van der Waals surface area (Å²) in [6.07, 6.45) is 9.33. The van der Waals surface area contributed by atoms with Gasteiger partial charge in [0, 0.05) is 29.5 Å². The number of carbonyl (C=O) groups is 1. The van der Waals surface area contributed by atoms with Crippen molar-refractivity contribution < 1.29 is 9.53 Å².